The van der Waals surface area contributed by atoms with Crippen LogP contribution in [-0.4, -0.2) is 9.97 Å². The van der Waals surface area contributed by atoms with Gasteiger partial charge in [0.15, 0.2) is 0 Å². The molecule has 1 aliphatic rings. The second-order valence-electron chi connectivity index (χ2n) is 4.21. The summed E-state index contributed by atoms with van der Waals surface area (Å²) in [7, 11) is 0. The molecule has 2 N–H and O–H groups in total. The van der Waals surface area contributed by atoms with Crippen LogP contribution in [0.3, 0.4) is 0 Å². The first kappa shape index (κ1) is 9.46. The van der Waals surface area contributed by atoms with Crippen LogP contribution in [0.25, 0.3) is 0 Å². The van der Waals surface area contributed by atoms with Gasteiger partial charge in [0.25, 0.3) is 0 Å². The van der Waals surface area contributed by atoms with Gasteiger partial charge in [-0.25, -0.2) is 4.98 Å². The zero-order chi connectivity index (χ0) is 11.0. The zero-order valence-electron chi connectivity index (χ0n) is 9.33. The van der Waals surface area contributed by atoms with E-state index in [-0.39, 0.29) is 0 Å². The maximum Gasteiger partial charge on any atom is 0.129 e. The van der Waals surface area contributed by atoms with Crippen LogP contribution in [0.4, 0.5) is 5.69 Å². The monoisotopic (exact) mass is 213 g/mol. The Morgan fingerprint density at radius 1 is 1.38 bits per heavy atom. The quantitative estimate of drug-likeness (QED) is 0.805. The first-order valence-electron chi connectivity index (χ1n) is 5.75. The number of aromatic nitrogens is 2. The Labute approximate surface area is 94.9 Å². The summed E-state index contributed by atoms with van der Waals surface area (Å²) in [4.78, 5) is 7.80. The number of fused-ring (bicyclic) bond motifs is 1. The molecule has 0 aliphatic carbocycles. The van der Waals surface area contributed by atoms with Crippen molar-refractivity contribution in [1.29, 1.82) is 0 Å². The lowest BCUT2D eigenvalue weighted by Crippen LogP contribution is -2.07. The minimum absolute atomic E-state index is 0.303. The molecule has 0 saturated carbocycles. The number of hydrogen-bond acceptors (Lipinski definition) is 2. The van der Waals surface area contributed by atoms with E-state index >= 15 is 0 Å². The summed E-state index contributed by atoms with van der Waals surface area (Å²) in [6, 6.07) is 8.75. The SMILES string of the molecule is CCc1cnc([C@@H]2Cc3ccccc3N2)[nH]1. The lowest BCUT2D eigenvalue weighted by Gasteiger charge is -2.07. The highest BCUT2D eigenvalue weighted by Gasteiger charge is 2.23. The number of nitrogens with one attached hydrogen (secondary N) is 2. The number of aryl methyl sites for hydroxylation is 1. The second-order valence-corrected chi connectivity index (χ2v) is 4.21. The van der Waals surface area contributed by atoms with Gasteiger partial charge in [0.2, 0.25) is 0 Å². The largest absolute Gasteiger partial charge is 0.375 e. The number of anilines is 1. The summed E-state index contributed by atoms with van der Waals surface area (Å²) in [5.74, 6) is 1.05. The van der Waals surface area contributed by atoms with Crippen LogP contribution in [0, 0.1) is 0 Å². The fourth-order valence-electron chi connectivity index (χ4n) is 2.20. The number of nitrogens with zero attached hydrogens (tertiary/aromatic N) is 1. The predicted octanol–water partition coefficient (Wildman–Crippen LogP) is 2.68. The number of para-hydroxylation sites is 1. The van der Waals surface area contributed by atoms with E-state index in [0.29, 0.717) is 6.04 Å². The molecule has 3 nitrogen and oxygen atoms in total. The van der Waals surface area contributed by atoms with Gasteiger partial charge in [-0.1, -0.05) is 25.1 Å². The molecule has 0 radical (unpaired) electrons. The Balaban J connectivity index is 1.85. The van der Waals surface area contributed by atoms with E-state index in [9.17, 15) is 0 Å². The van der Waals surface area contributed by atoms with Gasteiger partial charge in [-0.3, -0.25) is 0 Å². The van der Waals surface area contributed by atoms with Crippen LogP contribution in [0.15, 0.2) is 30.5 Å². The van der Waals surface area contributed by atoms with E-state index in [1.807, 2.05) is 6.20 Å². The highest BCUT2D eigenvalue weighted by Crippen LogP contribution is 2.32. The average Bonchev–Trinajstić information content (AvgIpc) is 2.95. The molecule has 0 spiro atoms. The Bertz CT molecular complexity index is 476. The number of imidazole rings is 1. The van der Waals surface area contributed by atoms with Crippen LogP contribution < -0.4 is 5.32 Å². The van der Waals surface area contributed by atoms with Gasteiger partial charge < -0.3 is 10.3 Å². The van der Waals surface area contributed by atoms with Crippen molar-refractivity contribution in [3.05, 3.63) is 47.5 Å². The average molecular weight is 213 g/mol. The number of rotatable bonds is 2. The van der Waals surface area contributed by atoms with Gasteiger partial charge in [0.05, 0.1) is 6.04 Å². The van der Waals surface area contributed by atoms with Crippen molar-refractivity contribution < 1.29 is 0 Å². The van der Waals surface area contributed by atoms with Gasteiger partial charge in [-0.15, -0.1) is 0 Å². The summed E-state index contributed by atoms with van der Waals surface area (Å²) in [5, 5.41) is 3.49. The van der Waals surface area contributed by atoms with Crippen LogP contribution in [-0.2, 0) is 12.8 Å². The van der Waals surface area contributed by atoms with Crippen molar-refractivity contribution in [3.8, 4) is 0 Å². The fraction of sp³-hybridized carbons (Fsp3) is 0.308. The van der Waals surface area contributed by atoms with Gasteiger partial charge in [-0.05, 0) is 18.1 Å². The van der Waals surface area contributed by atoms with Gasteiger partial charge in [0.1, 0.15) is 5.82 Å². The summed E-state index contributed by atoms with van der Waals surface area (Å²) in [5.41, 5.74) is 3.82. The van der Waals surface area contributed by atoms with Crippen molar-refractivity contribution in [3.63, 3.8) is 0 Å². The molecule has 0 unspecified atom stereocenters. The molecule has 0 fully saturated rings. The Morgan fingerprint density at radius 2 is 2.25 bits per heavy atom. The topological polar surface area (TPSA) is 40.7 Å². The normalized spacial score (nSPS) is 18.2. The lowest BCUT2D eigenvalue weighted by atomic mass is 10.1. The molecule has 82 valence electrons. The van der Waals surface area contributed by atoms with Crippen molar-refractivity contribution in [2.24, 2.45) is 0 Å². The Morgan fingerprint density at radius 3 is 3.00 bits per heavy atom. The highest BCUT2D eigenvalue weighted by atomic mass is 15.0. The Kier molecular flexibility index (Phi) is 2.17. The third-order valence-corrected chi connectivity index (χ3v) is 3.13. The van der Waals surface area contributed by atoms with Crippen LogP contribution in [0.2, 0.25) is 0 Å². The maximum atomic E-state index is 4.43. The van der Waals surface area contributed by atoms with Crippen LogP contribution in [0.1, 0.15) is 30.0 Å². The zero-order valence-corrected chi connectivity index (χ0v) is 9.33. The summed E-state index contributed by atoms with van der Waals surface area (Å²) < 4.78 is 0. The highest BCUT2D eigenvalue weighted by molar-refractivity contribution is 5.57. The van der Waals surface area contributed by atoms with E-state index < -0.39 is 0 Å². The maximum absolute atomic E-state index is 4.43. The molecule has 1 aromatic heterocycles. The number of benzene rings is 1. The van der Waals surface area contributed by atoms with Crippen molar-refractivity contribution >= 4 is 5.69 Å². The lowest BCUT2D eigenvalue weighted by molar-refractivity contribution is 0.760. The molecular formula is C13H15N3. The van der Waals surface area contributed by atoms with Crippen molar-refractivity contribution in [2.75, 3.05) is 5.32 Å². The van der Waals surface area contributed by atoms with E-state index in [2.05, 4.69) is 46.5 Å². The second kappa shape index (κ2) is 3.67. The van der Waals surface area contributed by atoms with E-state index in [0.717, 1.165) is 18.7 Å². The third kappa shape index (κ3) is 1.48. The van der Waals surface area contributed by atoms with Gasteiger partial charge in [-0.2, -0.15) is 0 Å². The molecule has 2 aromatic rings. The third-order valence-electron chi connectivity index (χ3n) is 3.13. The minimum Gasteiger partial charge on any atom is -0.375 e. The molecule has 1 atom stereocenters. The van der Waals surface area contributed by atoms with Gasteiger partial charge in [0, 0.05) is 24.0 Å². The molecule has 0 saturated heterocycles. The smallest absolute Gasteiger partial charge is 0.129 e. The standard InChI is InChI=1S/C13H15N3/c1-2-10-8-14-13(15-10)12-7-9-5-3-4-6-11(9)16-12/h3-6,8,12,16H,2,7H2,1H3,(H,14,15)/t12-/m0/s1. The molecule has 1 aliphatic heterocycles. The molecule has 0 bridgehead atoms. The number of H-pyrrole nitrogens is 1. The van der Waals surface area contributed by atoms with E-state index in [4.69, 9.17) is 0 Å². The number of aromatic amines is 1. The first-order valence-corrected chi connectivity index (χ1v) is 5.75. The van der Waals surface area contributed by atoms with Gasteiger partial charge >= 0.3 is 0 Å². The summed E-state index contributed by atoms with van der Waals surface area (Å²) in [6.45, 7) is 2.13. The van der Waals surface area contributed by atoms with Crippen LogP contribution in [0.5, 0.6) is 0 Å². The van der Waals surface area contributed by atoms with E-state index in [1.165, 1.54) is 16.9 Å². The minimum atomic E-state index is 0.303. The Hall–Kier alpha value is -1.77. The number of hydrogen-bond donors (Lipinski definition) is 2. The summed E-state index contributed by atoms with van der Waals surface area (Å²) >= 11 is 0. The van der Waals surface area contributed by atoms with Crippen LogP contribution >= 0.6 is 0 Å². The summed E-state index contributed by atoms with van der Waals surface area (Å²) in [6.07, 6.45) is 3.96. The molecule has 16 heavy (non-hydrogen) atoms. The molecule has 3 heteroatoms. The molecular weight excluding hydrogens is 198 g/mol. The molecule has 1 aromatic carbocycles. The van der Waals surface area contributed by atoms with Crippen molar-refractivity contribution in [2.45, 2.75) is 25.8 Å². The first-order chi connectivity index (χ1) is 7.86. The molecule has 2 heterocycles. The fourth-order valence-corrected chi connectivity index (χ4v) is 2.20. The predicted molar refractivity (Wildman–Crippen MR) is 64.5 cm³/mol. The van der Waals surface area contributed by atoms with E-state index in [1.54, 1.807) is 0 Å². The van der Waals surface area contributed by atoms with Crippen molar-refractivity contribution in [1.82, 2.24) is 9.97 Å². The molecule has 3 rings (SSSR count). The molecule has 0 amide bonds.